The first-order valence-corrected chi connectivity index (χ1v) is 9.63. The molecule has 156 valence electrons. The molecule has 28 heavy (non-hydrogen) atoms. The van der Waals surface area contributed by atoms with Crippen molar-refractivity contribution in [1.29, 1.82) is 0 Å². The van der Waals surface area contributed by atoms with Gasteiger partial charge >= 0.3 is 6.61 Å². The number of alkyl halides is 2. The fourth-order valence-corrected chi connectivity index (χ4v) is 3.48. The molecule has 1 N–H and O–H groups in total. The number of benzene rings is 1. The third kappa shape index (κ3) is 6.35. The molecule has 1 unspecified atom stereocenters. The zero-order chi connectivity index (χ0) is 20.5. The number of hydrogen-bond donors (Lipinski definition) is 1. The predicted octanol–water partition coefficient (Wildman–Crippen LogP) is 3.46. The maximum Gasteiger partial charge on any atom is 0.387 e. The minimum atomic E-state index is -2.99. The lowest BCUT2D eigenvalue weighted by Gasteiger charge is -2.21. The molecule has 6 nitrogen and oxygen atoms in total. The van der Waals surface area contributed by atoms with E-state index in [-0.39, 0.29) is 29.5 Å². The number of hydrogen-bond acceptors (Lipinski definition) is 4. The molecule has 1 aliphatic rings. The van der Waals surface area contributed by atoms with Crippen LogP contribution in [0.15, 0.2) is 18.2 Å². The first kappa shape index (κ1) is 21.9. The Kier molecular flexibility index (Phi) is 8.47. The summed E-state index contributed by atoms with van der Waals surface area (Å²) < 4.78 is 34.1. The van der Waals surface area contributed by atoms with Gasteiger partial charge in [0, 0.05) is 18.7 Å². The van der Waals surface area contributed by atoms with Crippen molar-refractivity contribution in [2.75, 3.05) is 26.7 Å². The molecule has 0 aromatic heterocycles. The topological polar surface area (TPSA) is 67.9 Å². The summed E-state index contributed by atoms with van der Waals surface area (Å²) in [4.78, 5) is 26.5. The Bertz CT molecular complexity index is 670. The summed E-state index contributed by atoms with van der Waals surface area (Å²) in [5.74, 6) is -0.0621. The van der Waals surface area contributed by atoms with E-state index in [0.29, 0.717) is 19.0 Å². The van der Waals surface area contributed by atoms with Crippen molar-refractivity contribution < 1.29 is 27.8 Å². The van der Waals surface area contributed by atoms with Crippen molar-refractivity contribution in [2.24, 2.45) is 5.92 Å². The first-order valence-electron chi connectivity index (χ1n) is 9.63. The minimum absolute atomic E-state index is 0.0220. The monoisotopic (exact) mass is 398 g/mol. The smallest absolute Gasteiger partial charge is 0.387 e. The molecule has 0 spiro atoms. The Balaban J connectivity index is 1.90. The van der Waals surface area contributed by atoms with Crippen LogP contribution in [0.1, 0.15) is 49.4 Å². The molecule has 2 amide bonds. The molecule has 1 fully saturated rings. The number of nitrogens with zero attached hydrogens (tertiary/aromatic N) is 1. The molecule has 1 saturated heterocycles. The van der Waals surface area contributed by atoms with E-state index < -0.39 is 12.5 Å². The van der Waals surface area contributed by atoms with Crippen molar-refractivity contribution >= 4 is 11.8 Å². The molecule has 1 aliphatic heterocycles. The molecule has 2 rings (SSSR count). The van der Waals surface area contributed by atoms with Gasteiger partial charge in [-0.3, -0.25) is 9.59 Å². The van der Waals surface area contributed by atoms with Crippen LogP contribution in [0.25, 0.3) is 0 Å². The lowest BCUT2D eigenvalue weighted by atomic mass is 9.96. The third-order valence-electron chi connectivity index (χ3n) is 4.94. The van der Waals surface area contributed by atoms with Crippen LogP contribution in [0, 0.1) is 5.92 Å². The molecule has 1 heterocycles. The average molecular weight is 398 g/mol. The zero-order valence-electron chi connectivity index (χ0n) is 16.4. The van der Waals surface area contributed by atoms with Crippen molar-refractivity contribution in [3.63, 3.8) is 0 Å². The maximum atomic E-state index is 12.4. The van der Waals surface area contributed by atoms with E-state index in [2.05, 4.69) is 17.0 Å². The van der Waals surface area contributed by atoms with Gasteiger partial charge in [0.15, 0.2) is 11.5 Å². The molecule has 0 aliphatic carbocycles. The number of likely N-dealkylation sites (tertiary alicyclic amines) is 1. The first-order chi connectivity index (χ1) is 13.4. The molecule has 0 radical (unpaired) electrons. The van der Waals surface area contributed by atoms with Gasteiger partial charge in [-0.25, -0.2) is 0 Å². The molecule has 1 aromatic rings. The van der Waals surface area contributed by atoms with Gasteiger partial charge in [0.05, 0.1) is 13.7 Å². The number of halogens is 2. The second-order valence-electron chi connectivity index (χ2n) is 6.89. The second kappa shape index (κ2) is 10.8. The zero-order valence-corrected chi connectivity index (χ0v) is 16.4. The highest BCUT2D eigenvalue weighted by Gasteiger charge is 2.21. The number of rotatable bonds is 8. The Morgan fingerprint density at radius 2 is 2.04 bits per heavy atom. The fourth-order valence-electron chi connectivity index (χ4n) is 3.48. The van der Waals surface area contributed by atoms with E-state index in [1.165, 1.54) is 31.7 Å². The molecule has 1 atom stereocenters. The van der Waals surface area contributed by atoms with Gasteiger partial charge in [-0.15, -0.1) is 0 Å². The van der Waals surface area contributed by atoms with E-state index >= 15 is 0 Å². The molecular weight excluding hydrogens is 370 g/mol. The molecule has 0 bridgehead atoms. The van der Waals surface area contributed by atoms with Crippen LogP contribution in [0.5, 0.6) is 11.5 Å². The third-order valence-corrected chi connectivity index (χ3v) is 4.94. The minimum Gasteiger partial charge on any atom is -0.493 e. The Hall–Kier alpha value is -2.38. The lowest BCUT2D eigenvalue weighted by Crippen LogP contribution is -2.40. The van der Waals surface area contributed by atoms with Crippen molar-refractivity contribution in [2.45, 2.75) is 45.6 Å². The highest BCUT2D eigenvalue weighted by atomic mass is 19.3. The summed E-state index contributed by atoms with van der Waals surface area (Å²) in [6, 6.07) is 3.89. The van der Waals surface area contributed by atoms with Crippen LogP contribution >= 0.6 is 0 Å². The second-order valence-corrected chi connectivity index (χ2v) is 6.89. The summed E-state index contributed by atoms with van der Waals surface area (Å²) in [5, 5.41) is 2.59. The highest BCUT2D eigenvalue weighted by Crippen LogP contribution is 2.29. The summed E-state index contributed by atoms with van der Waals surface area (Å²) >= 11 is 0. The number of carbonyl (C=O) groups excluding carboxylic acids is 2. The van der Waals surface area contributed by atoms with Crippen LogP contribution in [0.2, 0.25) is 0 Å². The summed E-state index contributed by atoms with van der Waals surface area (Å²) in [7, 11) is 1.30. The van der Waals surface area contributed by atoms with Gasteiger partial charge < -0.3 is 19.7 Å². The van der Waals surface area contributed by atoms with Gasteiger partial charge in [-0.2, -0.15) is 8.78 Å². The number of carbonyl (C=O) groups is 2. The normalized spacial score (nSPS) is 17.2. The summed E-state index contributed by atoms with van der Waals surface area (Å²) in [6.07, 6.45) is 5.45. The van der Waals surface area contributed by atoms with E-state index in [1.807, 2.05) is 0 Å². The SMILES string of the molecule is CCCC1CCCN(C(=O)CNC(=O)c2ccc(OC(F)F)c(OC)c2)CC1. The van der Waals surface area contributed by atoms with Crippen molar-refractivity contribution in [3.8, 4) is 11.5 Å². The average Bonchev–Trinajstić information content (AvgIpc) is 2.91. The largest absolute Gasteiger partial charge is 0.493 e. The number of ether oxygens (including phenoxy) is 2. The summed E-state index contributed by atoms with van der Waals surface area (Å²) in [5.41, 5.74) is 0.199. The van der Waals surface area contributed by atoms with E-state index in [0.717, 1.165) is 25.7 Å². The predicted molar refractivity (Wildman–Crippen MR) is 101 cm³/mol. The van der Waals surface area contributed by atoms with Crippen LogP contribution in [0.4, 0.5) is 8.78 Å². The molecule has 0 saturated carbocycles. The van der Waals surface area contributed by atoms with Crippen molar-refractivity contribution in [1.82, 2.24) is 10.2 Å². The van der Waals surface area contributed by atoms with Crippen LogP contribution in [-0.2, 0) is 4.79 Å². The van der Waals surface area contributed by atoms with Gasteiger partial charge in [-0.1, -0.05) is 19.8 Å². The van der Waals surface area contributed by atoms with Crippen molar-refractivity contribution in [3.05, 3.63) is 23.8 Å². The highest BCUT2D eigenvalue weighted by molar-refractivity contribution is 5.97. The molecular formula is C20H28F2N2O4. The summed E-state index contributed by atoms with van der Waals surface area (Å²) in [6.45, 7) is 0.506. The van der Waals surface area contributed by atoms with E-state index in [1.54, 1.807) is 4.90 Å². The number of methoxy groups -OCH3 is 1. The lowest BCUT2D eigenvalue weighted by molar-refractivity contribution is -0.130. The van der Waals surface area contributed by atoms with Gasteiger partial charge in [0.2, 0.25) is 5.91 Å². The van der Waals surface area contributed by atoms with Gasteiger partial charge in [-0.05, 0) is 43.4 Å². The van der Waals surface area contributed by atoms with E-state index in [9.17, 15) is 18.4 Å². The molecule has 8 heteroatoms. The van der Waals surface area contributed by atoms with Crippen LogP contribution in [-0.4, -0.2) is 50.1 Å². The number of amides is 2. The quantitative estimate of drug-likeness (QED) is 0.728. The van der Waals surface area contributed by atoms with Gasteiger partial charge in [0.1, 0.15) is 0 Å². The fraction of sp³-hybridized carbons (Fsp3) is 0.600. The van der Waals surface area contributed by atoms with Crippen LogP contribution in [0.3, 0.4) is 0 Å². The molecule has 1 aromatic carbocycles. The Labute approximate surface area is 164 Å². The Morgan fingerprint density at radius 1 is 1.25 bits per heavy atom. The van der Waals surface area contributed by atoms with E-state index in [4.69, 9.17) is 4.74 Å². The Morgan fingerprint density at radius 3 is 2.71 bits per heavy atom. The number of nitrogens with one attached hydrogen (secondary N) is 1. The maximum absolute atomic E-state index is 12.4. The van der Waals surface area contributed by atoms with Gasteiger partial charge in [0.25, 0.3) is 5.91 Å². The van der Waals surface area contributed by atoms with Crippen LogP contribution < -0.4 is 14.8 Å². The standard InChI is InChI=1S/C20H28F2N2O4/c1-3-5-14-6-4-10-24(11-9-14)18(25)13-23-19(26)15-7-8-16(28-20(21)22)17(12-15)27-2/h7-8,12,14,20H,3-6,9-11,13H2,1-2H3,(H,23,26).